The third-order valence-corrected chi connectivity index (χ3v) is 6.01. The van der Waals surface area contributed by atoms with E-state index in [0.29, 0.717) is 5.69 Å². The molecule has 2 aromatic carbocycles. The average molecular weight is 420 g/mol. The maximum atomic E-state index is 13.1. The molecule has 0 aliphatic carbocycles. The van der Waals surface area contributed by atoms with Crippen molar-refractivity contribution in [1.29, 1.82) is 0 Å². The van der Waals surface area contributed by atoms with Crippen molar-refractivity contribution in [3.8, 4) is 11.6 Å². The quantitative estimate of drug-likeness (QED) is 0.447. The number of benzene rings is 2. The number of anilines is 1. The van der Waals surface area contributed by atoms with E-state index in [2.05, 4.69) is 5.10 Å². The Morgan fingerprint density at radius 3 is 2.28 bits per heavy atom. The van der Waals surface area contributed by atoms with Gasteiger partial charge in [0.05, 0.1) is 15.5 Å². The maximum Gasteiger partial charge on any atom is 0.353 e. The molecule has 0 atom stereocenters. The van der Waals surface area contributed by atoms with Crippen molar-refractivity contribution in [2.75, 3.05) is 11.4 Å². The van der Waals surface area contributed by atoms with Crippen molar-refractivity contribution in [2.24, 2.45) is 7.05 Å². The van der Waals surface area contributed by atoms with Gasteiger partial charge in [-0.1, -0.05) is 0 Å². The third-order valence-electron chi connectivity index (χ3n) is 4.21. The Morgan fingerprint density at radius 1 is 1.14 bits per heavy atom. The number of hydrogen-bond donors (Lipinski definition) is 0. The topological polar surface area (TPSA) is 108 Å². The number of rotatable bonds is 6. The van der Waals surface area contributed by atoms with Crippen molar-refractivity contribution in [1.82, 2.24) is 9.78 Å². The molecule has 29 heavy (non-hydrogen) atoms. The summed E-state index contributed by atoms with van der Waals surface area (Å²) in [4.78, 5) is 10.6. The molecule has 0 saturated heterocycles. The summed E-state index contributed by atoms with van der Waals surface area (Å²) < 4.78 is 46.3. The fourth-order valence-corrected chi connectivity index (χ4v) is 3.89. The second kappa shape index (κ2) is 7.51. The lowest BCUT2D eigenvalue weighted by Gasteiger charge is -2.19. The van der Waals surface area contributed by atoms with E-state index in [9.17, 15) is 22.9 Å². The van der Waals surface area contributed by atoms with Gasteiger partial charge >= 0.3 is 5.69 Å². The molecule has 1 heterocycles. The summed E-state index contributed by atoms with van der Waals surface area (Å²) in [5.41, 5.74) is 0.305. The molecule has 0 saturated carbocycles. The second-order valence-electron chi connectivity index (χ2n) is 6.14. The minimum Gasteiger partial charge on any atom is -0.434 e. The molecule has 11 heteroatoms. The van der Waals surface area contributed by atoms with Crippen LogP contribution in [-0.4, -0.2) is 30.2 Å². The van der Waals surface area contributed by atoms with Crippen molar-refractivity contribution in [3.05, 3.63) is 70.2 Å². The first-order chi connectivity index (χ1) is 13.6. The van der Waals surface area contributed by atoms with Crippen LogP contribution in [0.3, 0.4) is 0 Å². The molecular formula is C18H17FN4O5S. The lowest BCUT2D eigenvalue weighted by Crippen LogP contribution is -2.26. The highest BCUT2D eigenvalue weighted by atomic mass is 32.2. The smallest absolute Gasteiger partial charge is 0.353 e. The highest BCUT2D eigenvalue weighted by Gasteiger charge is 2.26. The fraction of sp³-hybridized carbons (Fsp3) is 0.167. The molecule has 152 valence electrons. The van der Waals surface area contributed by atoms with Crippen molar-refractivity contribution >= 4 is 21.4 Å². The summed E-state index contributed by atoms with van der Waals surface area (Å²) in [7, 11) is -0.994. The number of halogens is 1. The zero-order valence-corrected chi connectivity index (χ0v) is 16.6. The molecule has 3 aromatic rings. The summed E-state index contributed by atoms with van der Waals surface area (Å²) in [6.45, 7) is 1.50. The Kier molecular flexibility index (Phi) is 5.25. The highest BCUT2D eigenvalue weighted by molar-refractivity contribution is 7.92. The summed E-state index contributed by atoms with van der Waals surface area (Å²) in [6, 6.07) is 10.5. The monoisotopic (exact) mass is 420 g/mol. The van der Waals surface area contributed by atoms with Crippen LogP contribution in [0.25, 0.3) is 0 Å². The van der Waals surface area contributed by atoms with Crippen LogP contribution >= 0.6 is 0 Å². The van der Waals surface area contributed by atoms with Crippen LogP contribution in [0.4, 0.5) is 15.8 Å². The first-order valence-corrected chi connectivity index (χ1v) is 9.75. The Labute approximate surface area is 166 Å². The van der Waals surface area contributed by atoms with Gasteiger partial charge in [0.25, 0.3) is 15.9 Å². The zero-order chi connectivity index (χ0) is 21.3. The number of aromatic nitrogens is 2. The largest absolute Gasteiger partial charge is 0.434 e. The van der Waals surface area contributed by atoms with Gasteiger partial charge in [0.1, 0.15) is 17.3 Å². The van der Waals surface area contributed by atoms with Gasteiger partial charge in [-0.3, -0.25) is 14.4 Å². The summed E-state index contributed by atoms with van der Waals surface area (Å²) in [5.74, 6) is -0.299. The van der Waals surface area contributed by atoms with Gasteiger partial charge in [0.15, 0.2) is 0 Å². The molecule has 0 N–H and O–H groups in total. The van der Waals surface area contributed by atoms with Crippen LogP contribution in [0, 0.1) is 22.9 Å². The Hall–Kier alpha value is -3.47. The number of hydrogen-bond acceptors (Lipinski definition) is 6. The maximum absolute atomic E-state index is 13.1. The number of sulfonamides is 1. The number of nitrogens with zero attached hydrogens (tertiary/aromatic N) is 4. The minimum absolute atomic E-state index is 0.0347. The molecule has 0 radical (unpaired) electrons. The first-order valence-electron chi connectivity index (χ1n) is 8.31. The highest BCUT2D eigenvalue weighted by Crippen LogP contribution is 2.34. The molecule has 0 aliphatic heterocycles. The van der Waals surface area contributed by atoms with Gasteiger partial charge in [-0.15, -0.1) is 0 Å². The SMILES string of the molecule is Cc1nn(C)c(Oc2ccc(N(C)S(=O)(=O)c3ccc(F)cc3)cc2)c1[N+](=O)[O-]. The van der Waals surface area contributed by atoms with Gasteiger partial charge in [-0.25, -0.2) is 17.5 Å². The predicted molar refractivity (Wildman–Crippen MR) is 103 cm³/mol. The van der Waals surface area contributed by atoms with Gasteiger partial charge < -0.3 is 4.74 Å². The van der Waals surface area contributed by atoms with Gasteiger partial charge in [-0.2, -0.15) is 5.10 Å². The zero-order valence-electron chi connectivity index (χ0n) is 15.7. The summed E-state index contributed by atoms with van der Waals surface area (Å²) in [5, 5.41) is 15.2. The minimum atomic E-state index is -3.88. The molecule has 0 amide bonds. The number of aryl methyl sites for hydroxylation is 2. The van der Waals surface area contributed by atoms with Crippen LogP contribution in [0.1, 0.15) is 5.69 Å². The normalized spacial score (nSPS) is 11.3. The van der Waals surface area contributed by atoms with Gasteiger partial charge in [0.2, 0.25) is 0 Å². The van der Waals surface area contributed by atoms with Crippen LogP contribution < -0.4 is 9.04 Å². The van der Waals surface area contributed by atoms with E-state index in [4.69, 9.17) is 4.74 Å². The van der Waals surface area contributed by atoms with E-state index in [1.54, 1.807) is 0 Å². The van der Waals surface area contributed by atoms with E-state index >= 15 is 0 Å². The average Bonchev–Trinajstić information content (AvgIpc) is 2.95. The lowest BCUT2D eigenvalue weighted by atomic mass is 10.3. The molecule has 1 aromatic heterocycles. The van der Waals surface area contributed by atoms with E-state index in [-0.39, 0.29) is 27.9 Å². The summed E-state index contributed by atoms with van der Waals surface area (Å²) >= 11 is 0. The van der Waals surface area contributed by atoms with E-state index in [1.165, 1.54) is 62.1 Å². The molecule has 0 fully saturated rings. The third kappa shape index (κ3) is 3.90. The molecule has 0 unspecified atom stereocenters. The molecule has 0 spiro atoms. The Bertz CT molecular complexity index is 1160. The molecular weight excluding hydrogens is 403 g/mol. The van der Waals surface area contributed by atoms with Gasteiger partial charge in [-0.05, 0) is 55.5 Å². The number of ether oxygens (including phenoxy) is 1. The predicted octanol–water partition coefficient (Wildman–Crippen LogP) is 3.39. The number of nitro groups is 1. The molecule has 3 rings (SSSR count). The van der Waals surface area contributed by atoms with Crippen LogP contribution in [-0.2, 0) is 17.1 Å². The van der Waals surface area contributed by atoms with E-state index in [1.807, 2.05) is 0 Å². The molecule has 0 bridgehead atoms. The van der Waals surface area contributed by atoms with Crippen molar-refractivity contribution < 1.29 is 22.5 Å². The van der Waals surface area contributed by atoms with E-state index < -0.39 is 20.8 Å². The first kappa shape index (κ1) is 20.3. The van der Waals surface area contributed by atoms with Gasteiger partial charge in [0, 0.05) is 14.1 Å². The summed E-state index contributed by atoms with van der Waals surface area (Å²) in [6.07, 6.45) is 0. The Balaban J connectivity index is 1.86. The van der Waals surface area contributed by atoms with Crippen molar-refractivity contribution in [3.63, 3.8) is 0 Å². The van der Waals surface area contributed by atoms with Crippen molar-refractivity contribution in [2.45, 2.75) is 11.8 Å². The lowest BCUT2D eigenvalue weighted by molar-refractivity contribution is -0.386. The fourth-order valence-electron chi connectivity index (χ4n) is 2.69. The standard InChI is InChI=1S/C18H17FN4O5S/c1-12-17(23(24)25)18(21(2)20-12)28-15-8-6-14(7-9-15)22(3)29(26,27)16-10-4-13(19)5-11-16/h4-11H,1-3H3. The van der Waals surface area contributed by atoms with Crippen LogP contribution in [0.5, 0.6) is 11.6 Å². The second-order valence-corrected chi connectivity index (χ2v) is 8.11. The van der Waals surface area contributed by atoms with Crippen LogP contribution in [0.15, 0.2) is 53.4 Å². The van der Waals surface area contributed by atoms with Crippen LogP contribution in [0.2, 0.25) is 0 Å². The molecule has 0 aliphatic rings. The van der Waals surface area contributed by atoms with E-state index in [0.717, 1.165) is 16.4 Å². The molecule has 9 nitrogen and oxygen atoms in total. The Morgan fingerprint density at radius 2 is 1.72 bits per heavy atom.